The van der Waals surface area contributed by atoms with Crippen LogP contribution in [0, 0.1) is 0 Å². The van der Waals surface area contributed by atoms with Gasteiger partial charge in [0.1, 0.15) is 0 Å². The maximum absolute atomic E-state index is 11.1. The van der Waals surface area contributed by atoms with E-state index in [0.717, 1.165) is 11.4 Å². The van der Waals surface area contributed by atoms with E-state index in [1.165, 1.54) is 0 Å². The number of aromatic carboxylic acids is 1. The minimum Gasteiger partial charge on any atom is -0.478 e. The number of carboxylic acid groups (broad SMARTS) is 1. The second-order valence-corrected chi connectivity index (χ2v) is 5.83. The van der Waals surface area contributed by atoms with Crippen molar-refractivity contribution < 1.29 is 9.90 Å². The van der Waals surface area contributed by atoms with Gasteiger partial charge in [0.05, 0.1) is 33.2 Å². The summed E-state index contributed by atoms with van der Waals surface area (Å²) in [5, 5.41) is 10.0. The first-order chi connectivity index (χ1) is 11.5. The molecule has 0 saturated carbocycles. The van der Waals surface area contributed by atoms with E-state index in [9.17, 15) is 4.79 Å². The Labute approximate surface area is 148 Å². The number of carboxylic acids is 1. The number of rotatable bonds is 4. The first-order valence-electron chi connectivity index (χ1n) is 7.05. The summed E-state index contributed by atoms with van der Waals surface area (Å²) in [6.45, 7) is 0. The standard InChI is InChI=1S/C18H12Cl2N2O2/c19-16-7-6-13(10-17(16)20)21-11-15-5-2-8-22(15)14-4-1-3-12(9-14)18(23)24/h1-11H,(H,23,24). The van der Waals surface area contributed by atoms with Gasteiger partial charge in [0.15, 0.2) is 0 Å². The van der Waals surface area contributed by atoms with Crippen LogP contribution >= 0.6 is 23.2 Å². The van der Waals surface area contributed by atoms with Gasteiger partial charge in [0.25, 0.3) is 0 Å². The molecule has 3 aromatic rings. The second kappa shape index (κ2) is 6.91. The number of halogens is 2. The summed E-state index contributed by atoms with van der Waals surface area (Å²) >= 11 is 11.9. The largest absolute Gasteiger partial charge is 0.478 e. The van der Waals surface area contributed by atoms with E-state index in [1.54, 1.807) is 42.6 Å². The van der Waals surface area contributed by atoms with Crippen LogP contribution in [0.1, 0.15) is 16.1 Å². The highest BCUT2D eigenvalue weighted by atomic mass is 35.5. The number of benzene rings is 2. The Morgan fingerprint density at radius 3 is 2.62 bits per heavy atom. The van der Waals surface area contributed by atoms with Crippen molar-refractivity contribution in [3.63, 3.8) is 0 Å². The molecular weight excluding hydrogens is 347 g/mol. The molecule has 2 aromatic carbocycles. The Kier molecular flexibility index (Phi) is 4.69. The molecule has 0 aliphatic heterocycles. The molecule has 0 saturated heterocycles. The monoisotopic (exact) mass is 358 g/mol. The normalized spacial score (nSPS) is 11.1. The molecule has 0 atom stereocenters. The summed E-state index contributed by atoms with van der Waals surface area (Å²) in [6.07, 6.45) is 3.53. The average Bonchev–Trinajstić information content (AvgIpc) is 3.04. The van der Waals surface area contributed by atoms with Crippen LogP contribution in [0.5, 0.6) is 0 Å². The van der Waals surface area contributed by atoms with Crippen LogP contribution in [-0.4, -0.2) is 21.9 Å². The lowest BCUT2D eigenvalue weighted by atomic mass is 10.2. The predicted octanol–water partition coefficient (Wildman–Crippen LogP) is 5.23. The Morgan fingerprint density at radius 2 is 1.88 bits per heavy atom. The summed E-state index contributed by atoms with van der Waals surface area (Å²) < 4.78 is 1.85. The van der Waals surface area contributed by atoms with Gasteiger partial charge in [-0.2, -0.15) is 0 Å². The van der Waals surface area contributed by atoms with E-state index >= 15 is 0 Å². The first kappa shape index (κ1) is 16.3. The Balaban J connectivity index is 1.93. The molecule has 0 aliphatic rings. The molecule has 0 spiro atoms. The minimum atomic E-state index is -0.963. The third-order valence-corrected chi connectivity index (χ3v) is 4.14. The van der Waals surface area contributed by atoms with Crippen LogP contribution in [0.4, 0.5) is 5.69 Å². The highest BCUT2D eigenvalue weighted by Gasteiger charge is 2.06. The van der Waals surface area contributed by atoms with Crippen molar-refractivity contribution in [3.8, 4) is 5.69 Å². The van der Waals surface area contributed by atoms with Crippen molar-refractivity contribution in [2.45, 2.75) is 0 Å². The summed E-state index contributed by atoms with van der Waals surface area (Å²) in [5.41, 5.74) is 2.46. The Bertz CT molecular complexity index is 932. The van der Waals surface area contributed by atoms with Crippen LogP contribution in [-0.2, 0) is 0 Å². The average molecular weight is 359 g/mol. The van der Waals surface area contributed by atoms with Crippen LogP contribution < -0.4 is 0 Å². The number of carbonyl (C=O) groups is 1. The smallest absolute Gasteiger partial charge is 0.335 e. The van der Waals surface area contributed by atoms with E-state index in [1.807, 2.05) is 29.0 Å². The zero-order valence-corrected chi connectivity index (χ0v) is 13.9. The molecule has 0 radical (unpaired) electrons. The fourth-order valence-corrected chi connectivity index (χ4v) is 2.52. The van der Waals surface area contributed by atoms with E-state index in [-0.39, 0.29) is 5.56 Å². The second-order valence-electron chi connectivity index (χ2n) is 5.02. The molecule has 0 aliphatic carbocycles. The number of hydrogen-bond donors (Lipinski definition) is 1. The lowest BCUT2D eigenvalue weighted by Gasteiger charge is -2.07. The lowest BCUT2D eigenvalue weighted by Crippen LogP contribution is -2.01. The molecule has 1 aromatic heterocycles. The van der Waals surface area contributed by atoms with Gasteiger partial charge in [-0.15, -0.1) is 0 Å². The van der Waals surface area contributed by atoms with Gasteiger partial charge in [-0.1, -0.05) is 29.3 Å². The lowest BCUT2D eigenvalue weighted by molar-refractivity contribution is 0.0697. The highest BCUT2D eigenvalue weighted by molar-refractivity contribution is 6.42. The van der Waals surface area contributed by atoms with Crippen molar-refractivity contribution in [1.82, 2.24) is 4.57 Å². The summed E-state index contributed by atoms with van der Waals surface area (Å²) in [4.78, 5) is 15.5. The fraction of sp³-hybridized carbons (Fsp3) is 0. The van der Waals surface area contributed by atoms with Gasteiger partial charge in [-0.3, -0.25) is 4.99 Å². The molecule has 0 amide bonds. The van der Waals surface area contributed by atoms with Gasteiger partial charge in [-0.25, -0.2) is 4.79 Å². The number of aliphatic imine (C=N–C) groups is 1. The van der Waals surface area contributed by atoms with Gasteiger partial charge in [0, 0.05) is 11.9 Å². The van der Waals surface area contributed by atoms with Gasteiger partial charge < -0.3 is 9.67 Å². The van der Waals surface area contributed by atoms with Crippen molar-refractivity contribution in [1.29, 1.82) is 0 Å². The zero-order valence-electron chi connectivity index (χ0n) is 12.4. The summed E-state index contributed by atoms with van der Waals surface area (Å²) in [7, 11) is 0. The fourth-order valence-electron chi connectivity index (χ4n) is 2.23. The quantitative estimate of drug-likeness (QED) is 0.648. The van der Waals surface area contributed by atoms with E-state index < -0.39 is 5.97 Å². The zero-order chi connectivity index (χ0) is 17.1. The SMILES string of the molecule is O=C(O)c1cccc(-n2cccc2C=Nc2ccc(Cl)c(Cl)c2)c1. The molecular formula is C18H12Cl2N2O2. The molecule has 0 fully saturated rings. The van der Waals surface area contributed by atoms with Gasteiger partial charge in [0.2, 0.25) is 0 Å². The van der Waals surface area contributed by atoms with Gasteiger partial charge in [-0.05, 0) is 48.5 Å². The van der Waals surface area contributed by atoms with E-state index in [0.29, 0.717) is 15.7 Å². The molecule has 1 N–H and O–H groups in total. The summed E-state index contributed by atoms with van der Waals surface area (Å²) in [6, 6.07) is 15.6. The molecule has 6 heteroatoms. The van der Waals surface area contributed by atoms with Crippen LogP contribution in [0.2, 0.25) is 10.0 Å². The maximum Gasteiger partial charge on any atom is 0.335 e. The number of nitrogens with zero attached hydrogens (tertiary/aromatic N) is 2. The maximum atomic E-state index is 11.1. The third kappa shape index (κ3) is 3.50. The number of hydrogen-bond acceptors (Lipinski definition) is 2. The highest BCUT2D eigenvalue weighted by Crippen LogP contribution is 2.26. The molecule has 24 heavy (non-hydrogen) atoms. The molecule has 3 rings (SSSR count). The molecule has 1 heterocycles. The van der Waals surface area contributed by atoms with Crippen LogP contribution in [0.15, 0.2) is 65.8 Å². The van der Waals surface area contributed by atoms with Crippen LogP contribution in [0.25, 0.3) is 5.69 Å². The Morgan fingerprint density at radius 1 is 1.04 bits per heavy atom. The number of aromatic nitrogens is 1. The van der Waals surface area contributed by atoms with Crippen LogP contribution in [0.3, 0.4) is 0 Å². The van der Waals surface area contributed by atoms with E-state index in [2.05, 4.69) is 4.99 Å². The van der Waals surface area contributed by atoms with Crippen molar-refractivity contribution in [3.05, 3.63) is 82.1 Å². The summed E-state index contributed by atoms with van der Waals surface area (Å²) in [5.74, 6) is -0.963. The predicted molar refractivity (Wildman–Crippen MR) is 96.4 cm³/mol. The van der Waals surface area contributed by atoms with Crippen molar-refractivity contribution >= 4 is 41.1 Å². The minimum absolute atomic E-state index is 0.230. The molecule has 0 bridgehead atoms. The van der Waals surface area contributed by atoms with E-state index in [4.69, 9.17) is 28.3 Å². The topological polar surface area (TPSA) is 54.6 Å². The molecule has 120 valence electrons. The third-order valence-electron chi connectivity index (χ3n) is 3.40. The first-order valence-corrected chi connectivity index (χ1v) is 7.80. The molecule has 4 nitrogen and oxygen atoms in total. The van der Waals surface area contributed by atoms with Crippen molar-refractivity contribution in [2.24, 2.45) is 4.99 Å². The van der Waals surface area contributed by atoms with Gasteiger partial charge >= 0.3 is 5.97 Å². The van der Waals surface area contributed by atoms with Crippen molar-refractivity contribution in [2.75, 3.05) is 0 Å². The Hall–Kier alpha value is -2.56. The molecule has 0 unspecified atom stereocenters.